The van der Waals surface area contributed by atoms with E-state index in [-0.39, 0.29) is 0 Å². The van der Waals surface area contributed by atoms with E-state index in [1.54, 1.807) is 18.9 Å². The summed E-state index contributed by atoms with van der Waals surface area (Å²) in [5.74, 6) is 0.799. The molecule has 0 aromatic heterocycles. The number of methoxy groups -OCH3 is 1. The maximum atomic E-state index is 10.4. The second-order valence-electron chi connectivity index (χ2n) is 4.45. The van der Waals surface area contributed by atoms with Crippen molar-refractivity contribution >= 4 is 27.7 Å². The van der Waals surface area contributed by atoms with E-state index in [1.807, 2.05) is 48.7 Å². The zero-order valence-corrected chi connectivity index (χ0v) is 13.9. The smallest absolute Gasteiger partial charge is 0.119 e. The number of ether oxygens (including phenoxy) is 1. The van der Waals surface area contributed by atoms with Crippen molar-refractivity contribution in [2.75, 3.05) is 13.4 Å². The molecule has 0 spiro atoms. The van der Waals surface area contributed by atoms with Crippen molar-refractivity contribution in [3.8, 4) is 5.75 Å². The summed E-state index contributed by atoms with van der Waals surface area (Å²) >= 11 is 5.21. The first kappa shape index (κ1) is 15.4. The molecule has 0 heterocycles. The Kier molecular flexibility index (Phi) is 5.52. The lowest BCUT2D eigenvalue weighted by Gasteiger charge is -2.13. The molecule has 0 saturated heterocycles. The van der Waals surface area contributed by atoms with Crippen LogP contribution in [0.4, 0.5) is 0 Å². The van der Waals surface area contributed by atoms with E-state index < -0.39 is 6.10 Å². The average molecular weight is 353 g/mol. The maximum absolute atomic E-state index is 10.4. The molecule has 0 fully saturated rings. The standard InChI is InChI=1S/C16H17BrO2S/c1-19-13-5-8-15(17)12(9-13)10-16(18)11-3-6-14(20-2)7-4-11/h3-9,16,18H,10H2,1-2H3. The quantitative estimate of drug-likeness (QED) is 0.805. The van der Waals surface area contributed by atoms with Crippen LogP contribution < -0.4 is 4.74 Å². The minimum atomic E-state index is -0.519. The fourth-order valence-electron chi connectivity index (χ4n) is 1.99. The molecule has 0 aliphatic heterocycles. The number of rotatable bonds is 5. The van der Waals surface area contributed by atoms with Gasteiger partial charge in [-0.25, -0.2) is 0 Å². The SMILES string of the molecule is COc1ccc(Br)c(CC(O)c2ccc(SC)cc2)c1. The van der Waals surface area contributed by atoms with E-state index in [0.29, 0.717) is 6.42 Å². The Bertz CT molecular complexity index is 569. The Labute approximate surface area is 132 Å². The first-order chi connectivity index (χ1) is 9.63. The third kappa shape index (κ3) is 3.78. The molecule has 2 aromatic rings. The summed E-state index contributed by atoms with van der Waals surface area (Å²) in [6.45, 7) is 0. The van der Waals surface area contributed by atoms with Crippen LogP contribution >= 0.6 is 27.7 Å². The predicted molar refractivity (Wildman–Crippen MR) is 87.6 cm³/mol. The summed E-state index contributed by atoms with van der Waals surface area (Å²) in [6.07, 6.45) is 2.07. The van der Waals surface area contributed by atoms with E-state index in [2.05, 4.69) is 15.9 Å². The molecule has 106 valence electrons. The van der Waals surface area contributed by atoms with Gasteiger partial charge >= 0.3 is 0 Å². The normalized spacial score (nSPS) is 12.2. The van der Waals surface area contributed by atoms with Crippen molar-refractivity contribution in [3.05, 3.63) is 58.1 Å². The van der Waals surface area contributed by atoms with E-state index in [4.69, 9.17) is 4.74 Å². The van der Waals surface area contributed by atoms with Gasteiger partial charge in [0.05, 0.1) is 13.2 Å². The number of halogens is 1. The van der Waals surface area contributed by atoms with Crippen LogP contribution in [0.25, 0.3) is 0 Å². The van der Waals surface area contributed by atoms with Crippen LogP contribution in [-0.4, -0.2) is 18.5 Å². The number of aliphatic hydroxyl groups is 1. The fourth-order valence-corrected chi connectivity index (χ4v) is 2.80. The van der Waals surface area contributed by atoms with E-state index in [9.17, 15) is 5.11 Å². The molecule has 4 heteroatoms. The van der Waals surface area contributed by atoms with Gasteiger partial charge in [-0.2, -0.15) is 0 Å². The van der Waals surface area contributed by atoms with Gasteiger partial charge in [0.15, 0.2) is 0 Å². The minimum absolute atomic E-state index is 0.519. The van der Waals surface area contributed by atoms with E-state index in [0.717, 1.165) is 21.3 Å². The molecule has 2 aromatic carbocycles. The van der Waals surface area contributed by atoms with Gasteiger partial charge in [-0.3, -0.25) is 0 Å². The zero-order chi connectivity index (χ0) is 14.5. The summed E-state index contributed by atoms with van der Waals surface area (Å²) < 4.78 is 6.21. The summed E-state index contributed by atoms with van der Waals surface area (Å²) in [4.78, 5) is 1.20. The number of thioether (sulfide) groups is 1. The number of aliphatic hydroxyl groups excluding tert-OH is 1. The first-order valence-electron chi connectivity index (χ1n) is 6.28. The second-order valence-corrected chi connectivity index (χ2v) is 6.18. The lowest BCUT2D eigenvalue weighted by Crippen LogP contribution is -2.02. The van der Waals surface area contributed by atoms with Crippen molar-refractivity contribution in [1.82, 2.24) is 0 Å². The van der Waals surface area contributed by atoms with Crippen molar-refractivity contribution < 1.29 is 9.84 Å². The molecule has 0 saturated carbocycles. The van der Waals surface area contributed by atoms with Crippen molar-refractivity contribution in [1.29, 1.82) is 0 Å². The van der Waals surface area contributed by atoms with Crippen LogP contribution in [0.2, 0.25) is 0 Å². The zero-order valence-electron chi connectivity index (χ0n) is 11.5. The van der Waals surface area contributed by atoms with Crippen LogP contribution in [0.5, 0.6) is 5.75 Å². The van der Waals surface area contributed by atoms with Crippen LogP contribution in [0.15, 0.2) is 51.8 Å². The summed E-state index contributed by atoms with van der Waals surface area (Å²) in [5, 5.41) is 10.4. The molecule has 1 atom stereocenters. The molecule has 20 heavy (non-hydrogen) atoms. The van der Waals surface area contributed by atoms with Gasteiger partial charge in [-0.15, -0.1) is 11.8 Å². The number of hydrogen-bond acceptors (Lipinski definition) is 3. The molecule has 1 N–H and O–H groups in total. The molecule has 2 nitrogen and oxygen atoms in total. The molecular weight excluding hydrogens is 336 g/mol. The van der Waals surface area contributed by atoms with Gasteiger partial charge in [-0.05, 0) is 47.7 Å². The molecule has 0 bridgehead atoms. The van der Waals surface area contributed by atoms with Gasteiger partial charge in [0.1, 0.15) is 5.75 Å². The third-order valence-corrected chi connectivity index (χ3v) is 4.68. The monoisotopic (exact) mass is 352 g/mol. The van der Waals surface area contributed by atoms with Crippen LogP contribution in [-0.2, 0) is 6.42 Å². The fraction of sp³-hybridized carbons (Fsp3) is 0.250. The largest absolute Gasteiger partial charge is 0.497 e. The molecular formula is C16H17BrO2S. The van der Waals surface area contributed by atoms with Gasteiger partial charge < -0.3 is 9.84 Å². The molecule has 0 radical (unpaired) electrons. The van der Waals surface area contributed by atoms with Crippen LogP contribution in [0, 0.1) is 0 Å². The minimum Gasteiger partial charge on any atom is -0.497 e. The predicted octanol–water partition coefficient (Wildman–Crippen LogP) is 4.46. The number of hydrogen-bond donors (Lipinski definition) is 1. The van der Waals surface area contributed by atoms with Gasteiger partial charge in [0.25, 0.3) is 0 Å². The Morgan fingerprint density at radius 3 is 2.50 bits per heavy atom. The highest BCUT2D eigenvalue weighted by Gasteiger charge is 2.11. The van der Waals surface area contributed by atoms with Gasteiger partial charge in [0, 0.05) is 15.8 Å². The Morgan fingerprint density at radius 2 is 1.90 bits per heavy atom. The van der Waals surface area contributed by atoms with Crippen LogP contribution in [0.1, 0.15) is 17.2 Å². The molecule has 0 amide bonds. The van der Waals surface area contributed by atoms with E-state index >= 15 is 0 Å². The van der Waals surface area contributed by atoms with E-state index in [1.165, 1.54) is 4.90 Å². The second kappa shape index (κ2) is 7.16. The molecule has 0 aliphatic carbocycles. The Hall–Kier alpha value is -0.970. The highest BCUT2D eigenvalue weighted by atomic mass is 79.9. The van der Waals surface area contributed by atoms with Crippen molar-refractivity contribution in [3.63, 3.8) is 0 Å². The summed E-state index contributed by atoms with van der Waals surface area (Å²) in [7, 11) is 1.64. The van der Waals surface area contributed by atoms with Crippen molar-refractivity contribution in [2.24, 2.45) is 0 Å². The first-order valence-corrected chi connectivity index (χ1v) is 8.30. The number of benzene rings is 2. The highest BCUT2D eigenvalue weighted by Crippen LogP contribution is 2.28. The topological polar surface area (TPSA) is 29.5 Å². The molecule has 1 unspecified atom stereocenters. The van der Waals surface area contributed by atoms with Crippen molar-refractivity contribution in [2.45, 2.75) is 17.4 Å². The summed E-state index contributed by atoms with van der Waals surface area (Å²) in [5.41, 5.74) is 1.96. The Balaban J connectivity index is 2.15. The van der Waals surface area contributed by atoms with Gasteiger partial charge in [-0.1, -0.05) is 28.1 Å². The van der Waals surface area contributed by atoms with Crippen LogP contribution in [0.3, 0.4) is 0 Å². The maximum Gasteiger partial charge on any atom is 0.119 e. The third-order valence-electron chi connectivity index (χ3n) is 3.17. The summed E-state index contributed by atoms with van der Waals surface area (Å²) in [6, 6.07) is 13.8. The molecule has 2 rings (SSSR count). The lowest BCUT2D eigenvalue weighted by molar-refractivity contribution is 0.178. The molecule has 0 aliphatic rings. The van der Waals surface area contributed by atoms with Gasteiger partial charge in [0.2, 0.25) is 0 Å². The lowest BCUT2D eigenvalue weighted by atomic mass is 10.0. The Morgan fingerprint density at radius 1 is 1.20 bits per heavy atom. The highest BCUT2D eigenvalue weighted by molar-refractivity contribution is 9.10. The average Bonchev–Trinajstić information content (AvgIpc) is 2.49.